The molecule has 0 aromatic heterocycles. The second-order valence-electron chi connectivity index (χ2n) is 6.98. The summed E-state index contributed by atoms with van der Waals surface area (Å²) in [5, 5.41) is 3.56. The molecule has 21 heavy (non-hydrogen) atoms. The molecule has 1 aromatic carbocycles. The first-order chi connectivity index (χ1) is 10.1. The summed E-state index contributed by atoms with van der Waals surface area (Å²) in [6, 6.07) is 6.69. The van der Waals surface area contributed by atoms with Crippen molar-refractivity contribution in [3.05, 3.63) is 23.8 Å². The summed E-state index contributed by atoms with van der Waals surface area (Å²) >= 11 is 0. The molecule has 1 aliphatic heterocycles. The Morgan fingerprint density at radius 3 is 2.81 bits per heavy atom. The lowest BCUT2D eigenvalue weighted by molar-refractivity contribution is 0.0658. The number of hydrogen-bond acceptors (Lipinski definition) is 3. The van der Waals surface area contributed by atoms with E-state index in [9.17, 15) is 0 Å². The summed E-state index contributed by atoms with van der Waals surface area (Å²) in [6.07, 6.45) is 4.99. The Morgan fingerprint density at radius 1 is 1.33 bits per heavy atom. The lowest BCUT2D eigenvalue weighted by atomic mass is 9.86. The summed E-state index contributed by atoms with van der Waals surface area (Å²) in [6.45, 7) is 8.28. The van der Waals surface area contributed by atoms with Crippen LogP contribution in [0.3, 0.4) is 0 Å². The standard InChI is InChI=1S/C18H27NO2/c1-4-19-16-11-18(2,3)21-17-10-14(8-9-15(16)17)20-12-13-6-5-7-13/h8-10,13,16,19H,4-7,11-12H2,1-3H3. The van der Waals surface area contributed by atoms with Crippen LogP contribution in [0.15, 0.2) is 18.2 Å². The van der Waals surface area contributed by atoms with Crippen LogP contribution < -0.4 is 14.8 Å². The molecule has 1 fully saturated rings. The second kappa shape index (κ2) is 5.88. The number of rotatable bonds is 5. The van der Waals surface area contributed by atoms with E-state index in [0.717, 1.165) is 37.0 Å². The van der Waals surface area contributed by atoms with E-state index in [1.807, 2.05) is 0 Å². The van der Waals surface area contributed by atoms with Gasteiger partial charge in [0, 0.05) is 24.1 Å². The van der Waals surface area contributed by atoms with Crippen LogP contribution in [0, 0.1) is 5.92 Å². The molecule has 1 aromatic rings. The molecule has 0 radical (unpaired) electrons. The van der Waals surface area contributed by atoms with Crippen LogP contribution >= 0.6 is 0 Å². The summed E-state index contributed by atoms with van der Waals surface area (Å²) < 4.78 is 12.1. The van der Waals surface area contributed by atoms with E-state index in [-0.39, 0.29) is 5.60 Å². The predicted octanol–water partition coefficient (Wildman–Crippen LogP) is 4.08. The van der Waals surface area contributed by atoms with E-state index in [0.29, 0.717) is 6.04 Å². The van der Waals surface area contributed by atoms with Crippen molar-refractivity contribution in [3.63, 3.8) is 0 Å². The van der Waals surface area contributed by atoms with Crippen LogP contribution in [0.1, 0.15) is 58.1 Å². The third kappa shape index (κ3) is 3.34. The predicted molar refractivity (Wildman–Crippen MR) is 85.0 cm³/mol. The van der Waals surface area contributed by atoms with Gasteiger partial charge in [0.1, 0.15) is 17.1 Å². The van der Waals surface area contributed by atoms with Crippen LogP contribution in [0.2, 0.25) is 0 Å². The highest BCUT2D eigenvalue weighted by Crippen LogP contribution is 2.41. The van der Waals surface area contributed by atoms with Crippen LogP contribution in [0.4, 0.5) is 0 Å². The average Bonchev–Trinajstić information content (AvgIpc) is 2.35. The highest BCUT2D eigenvalue weighted by molar-refractivity contribution is 5.44. The van der Waals surface area contributed by atoms with Gasteiger partial charge in [-0.05, 0) is 45.2 Å². The first kappa shape index (κ1) is 14.7. The summed E-state index contributed by atoms with van der Waals surface area (Å²) in [4.78, 5) is 0. The second-order valence-corrected chi connectivity index (χ2v) is 6.98. The number of fused-ring (bicyclic) bond motifs is 1. The van der Waals surface area contributed by atoms with Gasteiger partial charge in [0.25, 0.3) is 0 Å². The van der Waals surface area contributed by atoms with Gasteiger partial charge in [-0.25, -0.2) is 0 Å². The van der Waals surface area contributed by atoms with Crippen molar-refractivity contribution in [2.24, 2.45) is 5.92 Å². The molecule has 1 atom stereocenters. The third-order valence-electron chi connectivity index (χ3n) is 4.60. The average molecular weight is 289 g/mol. The highest BCUT2D eigenvalue weighted by Gasteiger charge is 2.33. The topological polar surface area (TPSA) is 30.5 Å². The minimum atomic E-state index is -0.133. The summed E-state index contributed by atoms with van der Waals surface area (Å²) in [7, 11) is 0. The van der Waals surface area contributed by atoms with Crippen molar-refractivity contribution in [2.45, 2.75) is 58.1 Å². The fourth-order valence-corrected chi connectivity index (χ4v) is 3.22. The van der Waals surface area contributed by atoms with Gasteiger partial charge in [-0.15, -0.1) is 0 Å². The fourth-order valence-electron chi connectivity index (χ4n) is 3.22. The van der Waals surface area contributed by atoms with E-state index in [1.54, 1.807) is 0 Å². The molecule has 1 unspecified atom stereocenters. The molecule has 0 amide bonds. The molecule has 1 saturated carbocycles. The molecular formula is C18H27NO2. The van der Waals surface area contributed by atoms with Crippen LogP contribution in [-0.4, -0.2) is 18.8 Å². The third-order valence-corrected chi connectivity index (χ3v) is 4.60. The zero-order valence-corrected chi connectivity index (χ0v) is 13.4. The SMILES string of the molecule is CCNC1CC(C)(C)Oc2cc(OCC3CCC3)ccc21. The molecule has 116 valence electrons. The maximum absolute atomic E-state index is 6.16. The van der Waals surface area contributed by atoms with E-state index in [1.165, 1.54) is 24.8 Å². The summed E-state index contributed by atoms with van der Waals surface area (Å²) in [5.41, 5.74) is 1.12. The zero-order chi connectivity index (χ0) is 14.9. The van der Waals surface area contributed by atoms with Crippen molar-refractivity contribution in [3.8, 4) is 11.5 Å². The summed E-state index contributed by atoms with van der Waals surface area (Å²) in [5.74, 6) is 2.67. The molecule has 0 bridgehead atoms. The Kier molecular flexibility index (Phi) is 4.12. The number of benzene rings is 1. The Balaban J connectivity index is 1.75. The smallest absolute Gasteiger partial charge is 0.128 e. The molecule has 1 N–H and O–H groups in total. The molecule has 3 rings (SSSR count). The first-order valence-corrected chi connectivity index (χ1v) is 8.26. The maximum Gasteiger partial charge on any atom is 0.128 e. The molecule has 2 aliphatic rings. The molecule has 1 heterocycles. The largest absolute Gasteiger partial charge is 0.493 e. The molecule has 0 spiro atoms. The maximum atomic E-state index is 6.16. The van der Waals surface area contributed by atoms with Gasteiger partial charge >= 0.3 is 0 Å². The van der Waals surface area contributed by atoms with Crippen molar-refractivity contribution in [2.75, 3.05) is 13.2 Å². The lowest BCUT2D eigenvalue weighted by Gasteiger charge is -2.38. The normalized spacial score (nSPS) is 23.9. The van der Waals surface area contributed by atoms with Crippen LogP contribution in [0.5, 0.6) is 11.5 Å². The van der Waals surface area contributed by atoms with Crippen LogP contribution in [0.25, 0.3) is 0 Å². The van der Waals surface area contributed by atoms with Gasteiger partial charge in [0.15, 0.2) is 0 Å². The Bertz CT molecular complexity index is 494. The quantitative estimate of drug-likeness (QED) is 0.886. The number of ether oxygens (including phenoxy) is 2. The van der Waals surface area contributed by atoms with Gasteiger partial charge < -0.3 is 14.8 Å². The minimum absolute atomic E-state index is 0.133. The molecule has 0 saturated heterocycles. The van der Waals surface area contributed by atoms with Crippen molar-refractivity contribution < 1.29 is 9.47 Å². The molecular weight excluding hydrogens is 262 g/mol. The Hall–Kier alpha value is -1.22. The Morgan fingerprint density at radius 2 is 2.14 bits per heavy atom. The minimum Gasteiger partial charge on any atom is -0.493 e. The van der Waals surface area contributed by atoms with Gasteiger partial charge in [0.05, 0.1) is 6.61 Å². The van der Waals surface area contributed by atoms with Gasteiger partial charge in [0.2, 0.25) is 0 Å². The zero-order valence-electron chi connectivity index (χ0n) is 13.4. The number of nitrogens with one attached hydrogen (secondary N) is 1. The van der Waals surface area contributed by atoms with Crippen molar-refractivity contribution in [1.82, 2.24) is 5.32 Å². The lowest BCUT2D eigenvalue weighted by Crippen LogP contribution is -2.39. The Labute approximate surface area is 128 Å². The fraction of sp³-hybridized carbons (Fsp3) is 0.667. The van der Waals surface area contributed by atoms with Gasteiger partial charge in [-0.3, -0.25) is 0 Å². The number of hydrogen-bond donors (Lipinski definition) is 1. The van der Waals surface area contributed by atoms with Crippen molar-refractivity contribution in [1.29, 1.82) is 0 Å². The van der Waals surface area contributed by atoms with Crippen molar-refractivity contribution >= 4 is 0 Å². The van der Waals surface area contributed by atoms with E-state index >= 15 is 0 Å². The highest BCUT2D eigenvalue weighted by atomic mass is 16.5. The van der Waals surface area contributed by atoms with Crippen LogP contribution in [-0.2, 0) is 0 Å². The van der Waals surface area contributed by atoms with Gasteiger partial charge in [-0.2, -0.15) is 0 Å². The monoisotopic (exact) mass is 289 g/mol. The van der Waals surface area contributed by atoms with E-state index in [4.69, 9.17) is 9.47 Å². The molecule has 3 nitrogen and oxygen atoms in total. The first-order valence-electron chi connectivity index (χ1n) is 8.26. The molecule has 1 aliphatic carbocycles. The molecule has 3 heteroatoms. The van der Waals surface area contributed by atoms with Gasteiger partial charge in [-0.1, -0.05) is 19.4 Å². The van der Waals surface area contributed by atoms with E-state index in [2.05, 4.69) is 44.3 Å². The van der Waals surface area contributed by atoms with E-state index < -0.39 is 0 Å².